The van der Waals surface area contributed by atoms with Crippen LogP contribution in [0.4, 0.5) is 5.82 Å². The maximum absolute atomic E-state index is 12.4. The molecule has 3 amide bonds. The Morgan fingerprint density at radius 1 is 1.08 bits per heavy atom. The minimum absolute atomic E-state index is 0.0181. The second-order valence-electron chi connectivity index (χ2n) is 5.24. The number of hydroxylamine groups is 2. The standard InChI is InChI=1S/C16H9N3O5/c20-12-7-11-10(5-6-17-13(11)18-12)16(23)24-19-14(21)8-3-1-2-4-9(8)15(19)22/h1-6H,7H2,(H,17,18,20). The first-order valence-electron chi connectivity index (χ1n) is 7.04. The summed E-state index contributed by atoms with van der Waals surface area (Å²) < 4.78 is 0. The number of nitrogens with zero attached hydrogens (tertiary/aromatic N) is 2. The molecule has 0 radical (unpaired) electrons. The molecule has 24 heavy (non-hydrogen) atoms. The maximum Gasteiger partial charge on any atom is 0.364 e. The number of rotatable bonds is 2. The monoisotopic (exact) mass is 323 g/mol. The number of carbonyl (C=O) groups is 4. The molecule has 0 spiro atoms. The van der Waals surface area contributed by atoms with Gasteiger partial charge in [-0.2, -0.15) is 0 Å². The van der Waals surface area contributed by atoms with Gasteiger partial charge >= 0.3 is 5.97 Å². The number of fused-ring (bicyclic) bond motifs is 2. The highest BCUT2D eigenvalue weighted by atomic mass is 16.7. The second kappa shape index (κ2) is 4.98. The molecular weight excluding hydrogens is 314 g/mol. The number of imide groups is 1. The molecule has 0 bridgehead atoms. The van der Waals surface area contributed by atoms with Crippen molar-refractivity contribution in [3.63, 3.8) is 0 Å². The summed E-state index contributed by atoms with van der Waals surface area (Å²) in [5.41, 5.74) is 0.804. The average Bonchev–Trinajstić information content (AvgIpc) is 3.07. The van der Waals surface area contributed by atoms with Crippen molar-refractivity contribution in [2.75, 3.05) is 5.32 Å². The molecule has 0 atom stereocenters. The van der Waals surface area contributed by atoms with E-state index in [1.807, 2.05) is 0 Å². The van der Waals surface area contributed by atoms with E-state index in [-0.39, 0.29) is 34.8 Å². The molecule has 118 valence electrons. The molecule has 3 heterocycles. The Kier molecular flexibility index (Phi) is 2.92. The van der Waals surface area contributed by atoms with Crippen LogP contribution in [0, 0.1) is 0 Å². The third-order valence-corrected chi connectivity index (χ3v) is 3.80. The van der Waals surface area contributed by atoms with Crippen LogP contribution in [0.15, 0.2) is 36.5 Å². The fourth-order valence-corrected chi connectivity index (χ4v) is 2.69. The lowest BCUT2D eigenvalue weighted by atomic mass is 10.1. The van der Waals surface area contributed by atoms with Gasteiger partial charge in [-0.3, -0.25) is 14.4 Å². The Labute approximate surface area is 135 Å². The van der Waals surface area contributed by atoms with Crippen molar-refractivity contribution in [1.82, 2.24) is 10.0 Å². The molecule has 4 rings (SSSR count). The molecule has 2 aliphatic rings. The average molecular weight is 323 g/mol. The van der Waals surface area contributed by atoms with Gasteiger partial charge in [0.05, 0.1) is 23.1 Å². The number of hydrogen-bond acceptors (Lipinski definition) is 6. The van der Waals surface area contributed by atoms with Gasteiger partial charge in [0.15, 0.2) is 0 Å². The zero-order valence-electron chi connectivity index (χ0n) is 12.1. The van der Waals surface area contributed by atoms with Crippen molar-refractivity contribution in [2.24, 2.45) is 0 Å². The smallest absolute Gasteiger partial charge is 0.324 e. The fraction of sp³-hybridized carbons (Fsp3) is 0.0625. The van der Waals surface area contributed by atoms with Gasteiger partial charge in [0.2, 0.25) is 5.91 Å². The molecule has 8 heteroatoms. The van der Waals surface area contributed by atoms with Crippen molar-refractivity contribution in [2.45, 2.75) is 6.42 Å². The summed E-state index contributed by atoms with van der Waals surface area (Å²) in [5, 5.41) is 2.95. The number of anilines is 1. The summed E-state index contributed by atoms with van der Waals surface area (Å²) in [6, 6.07) is 7.57. The van der Waals surface area contributed by atoms with Crippen molar-refractivity contribution in [3.05, 3.63) is 58.8 Å². The van der Waals surface area contributed by atoms with Crippen molar-refractivity contribution < 1.29 is 24.0 Å². The normalized spacial score (nSPS) is 15.2. The highest BCUT2D eigenvalue weighted by molar-refractivity contribution is 6.21. The van der Waals surface area contributed by atoms with E-state index in [4.69, 9.17) is 4.84 Å². The Morgan fingerprint density at radius 3 is 2.42 bits per heavy atom. The van der Waals surface area contributed by atoms with Gasteiger partial charge in [-0.15, -0.1) is 0 Å². The van der Waals surface area contributed by atoms with Crippen LogP contribution in [0.2, 0.25) is 0 Å². The molecule has 1 N–H and O–H groups in total. The number of aromatic nitrogens is 1. The highest BCUT2D eigenvalue weighted by Crippen LogP contribution is 2.27. The molecule has 1 aromatic heterocycles. The predicted molar refractivity (Wildman–Crippen MR) is 78.9 cm³/mol. The number of carbonyl (C=O) groups excluding carboxylic acids is 4. The van der Waals surface area contributed by atoms with Crippen molar-refractivity contribution >= 4 is 29.5 Å². The van der Waals surface area contributed by atoms with Crippen LogP contribution in [0.1, 0.15) is 36.6 Å². The minimum Gasteiger partial charge on any atom is -0.324 e. The van der Waals surface area contributed by atoms with E-state index in [9.17, 15) is 19.2 Å². The van der Waals surface area contributed by atoms with Gasteiger partial charge in [0, 0.05) is 11.8 Å². The van der Waals surface area contributed by atoms with E-state index >= 15 is 0 Å². The molecule has 0 saturated heterocycles. The van der Waals surface area contributed by atoms with E-state index in [0.29, 0.717) is 10.6 Å². The quantitative estimate of drug-likeness (QED) is 0.825. The van der Waals surface area contributed by atoms with Gasteiger partial charge in [-0.25, -0.2) is 9.78 Å². The van der Waals surface area contributed by atoms with Gasteiger partial charge in [0.25, 0.3) is 11.8 Å². The third kappa shape index (κ3) is 1.97. The van der Waals surface area contributed by atoms with Gasteiger partial charge < -0.3 is 10.2 Å². The maximum atomic E-state index is 12.4. The topological polar surface area (TPSA) is 106 Å². The van der Waals surface area contributed by atoms with Crippen molar-refractivity contribution in [1.29, 1.82) is 0 Å². The lowest BCUT2D eigenvalue weighted by Gasteiger charge is -2.13. The fourth-order valence-electron chi connectivity index (χ4n) is 2.69. The minimum atomic E-state index is -0.903. The number of benzene rings is 1. The van der Waals surface area contributed by atoms with Crippen LogP contribution in [-0.4, -0.2) is 33.7 Å². The largest absolute Gasteiger partial charge is 0.364 e. The molecular formula is C16H9N3O5. The molecule has 8 nitrogen and oxygen atoms in total. The van der Waals surface area contributed by atoms with Gasteiger partial charge in [-0.1, -0.05) is 17.2 Å². The van der Waals surface area contributed by atoms with E-state index in [1.165, 1.54) is 24.4 Å². The second-order valence-corrected chi connectivity index (χ2v) is 5.24. The summed E-state index contributed by atoms with van der Waals surface area (Å²) in [5.74, 6) is -2.33. The van der Waals surface area contributed by atoms with Crippen LogP contribution in [0.5, 0.6) is 0 Å². The zero-order valence-corrected chi connectivity index (χ0v) is 12.1. The first-order valence-corrected chi connectivity index (χ1v) is 7.04. The van der Waals surface area contributed by atoms with E-state index in [0.717, 1.165) is 0 Å². The first-order chi connectivity index (χ1) is 11.6. The SMILES string of the molecule is O=C1Cc2c(C(=O)ON3C(=O)c4ccccc4C3=O)ccnc2N1. The number of pyridine rings is 1. The van der Waals surface area contributed by atoms with Crippen molar-refractivity contribution in [3.8, 4) is 0 Å². The predicted octanol–water partition coefficient (Wildman–Crippen LogP) is 0.944. The lowest BCUT2D eigenvalue weighted by molar-refractivity contribution is -0.115. The number of hydrogen-bond donors (Lipinski definition) is 1. The Bertz CT molecular complexity index is 902. The summed E-state index contributed by atoms with van der Waals surface area (Å²) >= 11 is 0. The van der Waals surface area contributed by atoms with Crippen LogP contribution in [-0.2, 0) is 16.1 Å². The van der Waals surface area contributed by atoms with E-state index < -0.39 is 17.8 Å². The van der Waals surface area contributed by atoms with Crippen LogP contribution < -0.4 is 5.32 Å². The molecule has 2 aliphatic heterocycles. The summed E-state index contributed by atoms with van der Waals surface area (Å²) in [6.07, 6.45) is 1.32. The van der Waals surface area contributed by atoms with Crippen LogP contribution in [0.3, 0.4) is 0 Å². The van der Waals surface area contributed by atoms with Crippen LogP contribution in [0.25, 0.3) is 0 Å². The Hall–Kier alpha value is -3.55. The molecule has 0 aliphatic carbocycles. The third-order valence-electron chi connectivity index (χ3n) is 3.80. The van der Waals surface area contributed by atoms with Gasteiger partial charge in [-0.05, 0) is 18.2 Å². The van der Waals surface area contributed by atoms with E-state index in [1.54, 1.807) is 12.1 Å². The Morgan fingerprint density at radius 2 is 1.75 bits per heavy atom. The number of amides is 3. The molecule has 0 unspecified atom stereocenters. The Balaban J connectivity index is 1.63. The zero-order chi connectivity index (χ0) is 16.8. The molecule has 0 saturated carbocycles. The summed E-state index contributed by atoms with van der Waals surface area (Å²) in [4.78, 5) is 57.2. The summed E-state index contributed by atoms with van der Waals surface area (Å²) in [7, 11) is 0. The molecule has 2 aromatic rings. The van der Waals surface area contributed by atoms with Crippen LogP contribution >= 0.6 is 0 Å². The summed E-state index contributed by atoms with van der Waals surface area (Å²) in [6.45, 7) is 0. The van der Waals surface area contributed by atoms with Gasteiger partial charge in [0.1, 0.15) is 5.82 Å². The first kappa shape index (κ1) is 14.1. The van der Waals surface area contributed by atoms with E-state index in [2.05, 4.69) is 10.3 Å². The molecule has 0 fully saturated rings. The lowest BCUT2D eigenvalue weighted by Crippen LogP contribution is -2.33. The highest BCUT2D eigenvalue weighted by Gasteiger charge is 2.39. The number of nitrogens with one attached hydrogen (secondary N) is 1. The molecule has 1 aromatic carbocycles.